The predicted octanol–water partition coefficient (Wildman–Crippen LogP) is 4.58. The molecule has 3 heteroatoms. The largest absolute Gasteiger partial charge is 0.295 e. The van der Waals surface area contributed by atoms with Gasteiger partial charge in [0.15, 0.2) is 5.78 Å². The number of aromatic nitrogens is 1. The van der Waals surface area contributed by atoms with Crippen LogP contribution in [-0.4, -0.2) is 5.78 Å². The number of carbonyl (C=O) groups excluding carboxylic acids is 1. The fraction of sp³-hybridized carbons (Fsp3) is 0.158. The Balaban J connectivity index is 1.93. The number of benzene rings is 2. The van der Waals surface area contributed by atoms with Gasteiger partial charge in [-0.15, -0.1) is 0 Å². The summed E-state index contributed by atoms with van der Waals surface area (Å²) in [5, 5.41) is 1.24. The van der Waals surface area contributed by atoms with E-state index in [0.717, 1.165) is 17.7 Å². The first kappa shape index (κ1) is 14.7. The molecule has 110 valence electrons. The van der Waals surface area contributed by atoms with Gasteiger partial charge in [0, 0.05) is 17.7 Å². The lowest BCUT2D eigenvalue weighted by Gasteiger charge is -1.96. The monoisotopic (exact) mass is 308 g/mol. The Labute approximate surface area is 134 Å². The first-order valence-corrected chi connectivity index (χ1v) is 8.21. The number of aryl methyl sites for hydroxylation is 1. The van der Waals surface area contributed by atoms with Crippen LogP contribution in [0.25, 0.3) is 22.4 Å². The molecule has 3 aromatic rings. The zero-order valence-corrected chi connectivity index (χ0v) is 13.6. The van der Waals surface area contributed by atoms with Crippen LogP contribution in [0.4, 0.5) is 0 Å². The molecule has 0 unspecified atom stereocenters. The summed E-state index contributed by atoms with van der Waals surface area (Å²) in [5.41, 5.74) is 3.13. The third-order valence-electron chi connectivity index (χ3n) is 3.69. The van der Waals surface area contributed by atoms with Crippen LogP contribution >= 0.6 is 11.3 Å². The third kappa shape index (κ3) is 2.85. The van der Waals surface area contributed by atoms with Crippen LogP contribution in [0.1, 0.15) is 34.8 Å². The molecule has 1 heterocycles. The zero-order valence-electron chi connectivity index (χ0n) is 12.7. The van der Waals surface area contributed by atoms with Crippen LogP contribution in [0.2, 0.25) is 0 Å². The Morgan fingerprint density at radius 3 is 2.50 bits per heavy atom. The van der Waals surface area contributed by atoms with Gasteiger partial charge >= 0.3 is 0 Å². The van der Waals surface area contributed by atoms with Crippen LogP contribution in [0.15, 0.2) is 48.5 Å². The minimum absolute atomic E-state index is 0.101. The van der Waals surface area contributed by atoms with E-state index in [1.807, 2.05) is 24.3 Å². The van der Waals surface area contributed by atoms with Crippen LogP contribution in [0.5, 0.6) is 0 Å². The molecule has 3 rings (SSSR count). The molecule has 0 aliphatic heterocycles. The highest BCUT2D eigenvalue weighted by molar-refractivity contribution is 7.18. The molecule has 0 saturated carbocycles. The Morgan fingerprint density at radius 1 is 1.09 bits per heavy atom. The molecule has 0 bridgehead atoms. The molecule has 0 N–H and O–H groups in total. The zero-order chi connectivity index (χ0) is 15.5. The van der Waals surface area contributed by atoms with E-state index in [2.05, 4.69) is 47.9 Å². The van der Waals surface area contributed by atoms with E-state index < -0.39 is 0 Å². The third-order valence-corrected chi connectivity index (χ3v) is 4.82. The molecule has 22 heavy (non-hydrogen) atoms. The van der Waals surface area contributed by atoms with E-state index in [1.54, 1.807) is 18.3 Å². The summed E-state index contributed by atoms with van der Waals surface area (Å²) in [6.07, 6.45) is 4.25. The molecule has 0 spiro atoms. The maximum Gasteiger partial charge on any atom is 0.262 e. The summed E-state index contributed by atoms with van der Waals surface area (Å²) < 4.78 is 3.62. The van der Waals surface area contributed by atoms with Gasteiger partial charge in [0.05, 0.1) is 0 Å². The second kappa shape index (κ2) is 6.24. The number of fused-ring (bicyclic) bond motifs is 1. The quantitative estimate of drug-likeness (QED) is 0.510. The fourth-order valence-corrected chi connectivity index (χ4v) is 3.63. The van der Waals surface area contributed by atoms with Gasteiger partial charge in [-0.25, -0.2) is 0 Å². The number of rotatable bonds is 4. The maximum atomic E-state index is 11.3. The van der Waals surface area contributed by atoms with Gasteiger partial charge < -0.3 is 0 Å². The molecular weight excluding hydrogens is 290 g/mol. The fourth-order valence-electron chi connectivity index (χ4n) is 2.50. The van der Waals surface area contributed by atoms with Gasteiger partial charge in [-0.05, 0) is 31.6 Å². The topological polar surface area (TPSA) is 20.9 Å². The van der Waals surface area contributed by atoms with Crippen LogP contribution < -0.4 is 4.57 Å². The van der Waals surface area contributed by atoms with Crippen molar-refractivity contribution in [3.63, 3.8) is 0 Å². The molecule has 1 aromatic heterocycles. The van der Waals surface area contributed by atoms with E-state index in [0.29, 0.717) is 0 Å². The standard InChI is InChI=1S/C19H18NOS/c1-3-20-17-6-4-5-7-18(17)22-19(20)13-10-15-8-11-16(12-9-15)14(2)21/h4-13H,3H2,1-2H3/q+1/b13-10+. The van der Waals surface area contributed by atoms with Gasteiger partial charge in [-0.2, -0.15) is 4.57 Å². The lowest BCUT2D eigenvalue weighted by molar-refractivity contribution is -0.665. The molecular formula is C19H18NOS+. The van der Waals surface area contributed by atoms with E-state index in [1.165, 1.54) is 15.2 Å². The molecule has 0 atom stereocenters. The molecule has 0 fully saturated rings. The Kier molecular flexibility index (Phi) is 4.16. The van der Waals surface area contributed by atoms with Crippen LogP contribution in [0, 0.1) is 0 Å². The normalized spacial score (nSPS) is 11.4. The Morgan fingerprint density at radius 2 is 1.82 bits per heavy atom. The van der Waals surface area contributed by atoms with Crippen molar-refractivity contribution < 1.29 is 9.36 Å². The minimum Gasteiger partial charge on any atom is -0.295 e. The van der Waals surface area contributed by atoms with E-state index in [-0.39, 0.29) is 5.78 Å². The highest BCUT2D eigenvalue weighted by Crippen LogP contribution is 2.22. The Bertz CT molecular complexity index is 844. The summed E-state index contributed by atoms with van der Waals surface area (Å²) in [4.78, 5) is 11.3. The second-order valence-corrected chi connectivity index (χ2v) is 6.23. The number of hydrogen-bond acceptors (Lipinski definition) is 2. The summed E-state index contributed by atoms with van der Waals surface area (Å²) in [6.45, 7) is 4.71. The first-order chi connectivity index (χ1) is 10.7. The van der Waals surface area contributed by atoms with Crippen molar-refractivity contribution in [1.82, 2.24) is 0 Å². The summed E-state index contributed by atoms with van der Waals surface area (Å²) in [6, 6.07) is 16.2. The molecule has 0 saturated heterocycles. The van der Waals surface area contributed by atoms with Gasteiger partial charge in [0.2, 0.25) is 5.52 Å². The van der Waals surface area contributed by atoms with Gasteiger partial charge in [0.1, 0.15) is 11.2 Å². The van der Waals surface area contributed by atoms with E-state index in [4.69, 9.17) is 0 Å². The molecule has 0 radical (unpaired) electrons. The lowest BCUT2D eigenvalue weighted by Crippen LogP contribution is -2.33. The van der Waals surface area contributed by atoms with Crippen molar-refractivity contribution in [2.24, 2.45) is 0 Å². The maximum absolute atomic E-state index is 11.3. The van der Waals surface area contributed by atoms with Crippen molar-refractivity contribution in [3.05, 3.63) is 64.7 Å². The summed E-state index contributed by atoms with van der Waals surface area (Å²) >= 11 is 1.80. The number of nitrogens with zero attached hydrogens (tertiary/aromatic N) is 1. The summed E-state index contributed by atoms with van der Waals surface area (Å²) in [7, 11) is 0. The number of ketones is 1. The second-order valence-electron chi connectivity index (χ2n) is 5.16. The van der Waals surface area contributed by atoms with Crippen molar-refractivity contribution in [1.29, 1.82) is 0 Å². The number of Topliss-reactive ketones (excluding diaryl/α,β-unsaturated/α-hetero) is 1. The SMILES string of the molecule is CC[n+]1c(/C=C/c2ccc(C(C)=O)cc2)sc2ccccc21. The molecule has 0 aliphatic carbocycles. The lowest BCUT2D eigenvalue weighted by atomic mass is 10.1. The number of carbonyl (C=O) groups is 1. The smallest absolute Gasteiger partial charge is 0.262 e. The Hall–Kier alpha value is -2.26. The average Bonchev–Trinajstić information content (AvgIpc) is 2.90. The molecule has 0 aliphatic rings. The van der Waals surface area contributed by atoms with Crippen molar-refractivity contribution >= 4 is 39.5 Å². The highest BCUT2D eigenvalue weighted by atomic mass is 32.1. The molecule has 2 aromatic carbocycles. The van der Waals surface area contributed by atoms with E-state index in [9.17, 15) is 4.79 Å². The van der Waals surface area contributed by atoms with Crippen molar-refractivity contribution in [2.45, 2.75) is 20.4 Å². The number of hydrogen-bond donors (Lipinski definition) is 0. The minimum atomic E-state index is 0.101. The van der Waals surface area contributed by atoms with Crippen molar-refractivity contribution in [2.75, 3.05) is 0 Å². The van der Waals surface area contributed by atoms with Crippen molar-refractivity contribution in [3.8, 4) is 0 Å². The van der Waals surface area contributed by atoms with Crippen LogP contribution in [-0.2, 0) is 6.54 Å². The average molecular weight is 308 g/mol. The predicted molar refractivity (Wildman–Crippen MR) is 93.1 cm³/mol. The first-order valence-electron chi connectivity index (χ1n) is 7.39. The highest BCUT2D eigenvalue weighted by Gasteiger charge is 2.15. The van der Waals surface area contributed by atoms with Gasteiger partial charge in [0.25, 0.3) is 5.01 Å². The van der Waals surface area contributed by atoms with Gasteiger partial charge in [-0.3, -0.25) is 4.79 Å². The number of para-hydroxylation sites is 1. The van der Waals surface area contributed by atoms with E-state index >= 15 is 0 Å². The number of thiazole rings is 1. The molecule has 2 nitrogen and oxygen atoms in total. The van der Waals surface area contributed by atoms with Crippen LogP contribution in [0.3, 0.4) is 0 Å². The molecule has 0 amide bonds. The van der Waals surface area contributed by atoms with Gasteiger partial charge in [-0.1, -0.05) is 47.7 Å². The summed E-state index contributed by atoms with van der Waals surface area (Å²) in [5.74, 6) is 0.101.